The molecule has 0 fully saturated rings. The maximum absolute atomic E-state index is 11.9. The number of carbonyl (C=O) groups excluding carboxylic acids is 2. The van der Waals surface area contributed by atoms with Gasteiger partial charge in [0.25, 0.3) is 5.91 Å². The van der Waals surface area contributed by atoms with E-state index < -0.39 is 5.91 Å². The Kier molecular flexibility index (Phi) is 5.90. The SMILES string of the molecule is CCCNC(=O)CSc1nnc(NC(=O)c2cc(C)on2)s1. The van der Waals surface area contributed by atoms with Gasteiger partial charge in [0, 0.05) is 12.6 Å². The molecule has 2 heterocycles. The first-order chi connectivity index (χ1) is 10.6. The van der Waals surface area contributed by atoms with E-state index in [0.717, 1.165) is 6.42 Å². The lowest BCUT2D eigenvalue weighted by atomic mass is 10.4. The van der Waals surface area contributed by atoms with Gasteiger partial charge in [-0.05, 0) is 13.3 Å². The molecular formula is C12H15N5O3S2. The van der Waals surface area contributed by atoms with Crippen molar-refractivity contribution in [1.82, 2.24) is 20.7 Å². The first-order valence-corrected chi connectivity index (χ1v) is 8.36. The molecule has 22 heavy (non-hydrogen) atoms. The second-order valence-electron chi connectivity index (χ2n) is 4.29. The molecular weight excluding hydrogens is 326 g/mol. The third kappa shape index (κ3) is 4.81. The van der Waals surface area contributed by atoms with Gasteiger partial charge in [-0.15, -0.1) is 10.2 Å². The van der Waals surface area contributed by atoms with Crippen LogP contribution in [0.4, 0.5) is 5.13 Å². The summed E-state index contributed by atoms with van der Waals surface area (Å²) in [7, 11) is 0. The van der Waals surface area contributed by atoms with Crippen molar-refractivity contribution < 1.29 is 14.1 Å². The van der Waals surface area contributed by atoms with E-state index in [0.29, 0.717) is 21.8 Å². The zero-order chi connectivity index (χ0) is 15.9. The van der Waals surface area contributed by atoms with Crippen LogP contribution in [0.5, 0.6) is 0 Å². The average Bonchev–Trinajstić information content (AvgIpc) is 3.12. The summed E-state index contributed by atoms with van der Waals surface area (Å²) < 4.78 is 5.44. The van der Waals surface area contributed by atoms with Crippen molar-refractivity contribution in [3.05, 3.63) is 17.5 Å². The molecule has 0 aliphatic rings. The van der Waals surface area contributed by atoms with Gasteiger partial charge in [0.05, 0.1) is 5.75 Å². The quantitative estimate of drug-likeness (QED) is 0.582. The summed E-state index contributed by atoms with van der Waals surface area (Å²) in [6.45, 7) is 4.35. The van der Waals surface area contributed by atoms with Gasteiger partial charge >= 0.3 is 0 Å². The van der Waals surface area contributed by atoms with Crippen LogP contribution in [0.15, 0.2) is 14.9 Å². The van der Waals surface area contributed by atoms with E-state index in [9.17, 15) is 9.59 Å². The van der Waals surface area contributed by atoms with Crippen molar-refractivity contribution in [2.24, 2.45) is 0 Å². The summed E-state index contributed by atoms with van der Waals surface area (Å²) in [5.41, 5.74) is 0.181. The Morgan fingerprint density at radius 1 is 1.41 bits per heavy atom. The van der Waals surface area contributed by atoms with Crippen LogP contribution in [0.25, 0.3) is 0 Å². The van der Waals surface area contributed by atoms with Gasteiger partial charge in [0.1, 0.15) is 5.76 Å². The highest BCUT2D eigenvalue weighted by atomic mass is 32.2. The Labute approximate surface area is 135 Å². The van der Waals surface area contributed by atoms with Crippen molar-refractivity contribution in [3.8, 4) is 0 Å². The van der Waals surface area contributed by atoms with Gasteiger partial charge in [-0.1, -0.05) is 35.2 Å². The van der Waals surface area contributed by atoms with Crippen LogP contribution in [0.2, 0.25) is 0 Å². The maximum atomic E-state index is 11.9. The molecule has 0 saturated carbocycles. The topological polar surface area (TPSA) is 110 Å². The fourth-order valence-electron chi connectivity index (χ4n) is 1.40. The van der Waals surface area contributed by atoms with Crippen LogP contribution in [0, 0.1) is 6.92 Å². The summed E-state index contributed by atoms with van der Waals surface area (Å²) in [6, 6.07) is 1.53. The lowest BCUT2D eigenvalue weighted by molar-refractivity contribution is -0.118. The minimum Gasteiger partial charge on any atom is -0.361 e. The average molecular weight is 341 g/mol. The number of nitrogens with zero attached hydrogens (tertiary/aromatic N) is 3. The summed E-state index contributed by atoms with van der Waals surface area (Å²) in [5, 5.41) is 17.1. The number of aryl methyl sites for hydroxylation is 1. The number of carbonyl (C=O) groups is 2. The molecule has 10 heteroatoms. The van der Waals surface area contributed by atoms with Crippen LogP contribution >= 0.6 is 23.1 Å². The van der Waals surface area contributed by atoms with E-state index in [4.69, 9.17) is 4.52 Å². The highest BCUT2D eigenvalue weighted by molar-refractivity contribution is 8.01. The summed E-state index contributed by atoms with van der Waals surface area (Å²) >= 11 is 2.47. The smallest absolute Gasteiger partial charge is 0.279 e. The Morgan fingerprint density at radius 3 is 2.91 bits per heavy atom. The molecule has 0 bridgehead atoms. The van der Waals surface area contributed by atoms with Crippen LogP contribution in [0.1, 0.15) is 29.6 Å². The Morgan fingerprint density at radius 2 is 2.23 bits per heavy atom. The van der Waals surface area contributed by atoms with Crippen LogP contribution in [0.3, 0.4) is 0 Å². The largest absolute Gasteiger partial charge is 0.361 e. The third-order valence-corrected chi connectivity index (χ3v) is 4.36. The number of amides is 2. The molecule has 8 nitrogen and oxygen atoms in total. The second-order valence-corrected chi connectivity index (χ2v) is 6.49. The minimum atomic E-state index is -0.412. The maximum Gasteiger partial charge on any atom is 0.279 e. The van der Waals surface area contributed by atoms with E-state index in [1.165, 1.54) is 29.2 Å². The molecule has 2 aromatic rings. The number of hydrogen-bond donors (Lipinski definition) is 2. The Balaban J connectivity index is 1.83. The number of rotatable bonds is 7. The predicted molar refractivity (Wildman–Crippen MR) is 83.1 cm³/mol. The summed E-state index contributed by atoms with van der Waals surface area (Å²) in [6.07, 6.45) is 0.896. The van der Waals surface area contributed by atoms with E-state index >= 15 is 0 Å². The summed E-state index contributed by atoms with van der Waals surface area (Å²) in [4.78, 5) is 23.3. The zero-order valence-electron chi connectivity index (χ0n) is 12.1. The molecule has 0 radical (unpaired) electrons. The first kappa shape index (κ1) is 16.4. The molecule has 2 aromatic heterocycles. The number of thioether (sulfide) groups is 1. The van der Waals surface area contributed by atoms with Gasteiger partial charge in [0.15, 0.2) is 10.0 Å². The van der Waals surface area contributed by atoms with Gasteiger partial charge in [-0.25, -0.2) is 0 Å². The second kappa shape index (κ2) is 7.90. The summed E-state index contributed by atoms with van der Waals surface area (Å²) in [5.74, 6) is 0.359. The van der Waals surface area contributed by atoms with Crippen LogP contribution in [-0.4, -0.2) is 39.5 Å². The number of hydrogen-bond acceptors (Lipinski definition) is 8. The van der Waals surface area contributed by atoms with Crippen molar-refractivity contribution >= 4 is 40.0 Å². The molecule has 0 spiro atoms. The lowest BCUT2D eigenvalue weighted by Crippen LogP contribution is -2.25. The zero-order valence-corrected chi connectivity index (χ0v) is 13.7. The lowest BCUT2D eigenvalue weighted by Gasteiger charge is -2.00. The molecule has 0 unspecified atom stereocenters. The highest BCUT2D eigenvalue weighted by Gasteiger charge is 2.14. The molecule has 2 amide bonds. The van der Waals surface area contributed by atoms with Crippen molar-refractivity contribution in [1.29, 1.82) is 0 Å². The van der Waals surface area contributed by atoms with Gasteiger partial charge in [-0.2, -0.15) is 0 Å². The number of nitrogens with one attached hydrogen (secondary N) is 2. The molecule has 2 N–H and O–H groups in total. The van der Waals surface area contributed by atoms with Crippen LogP contribution in [-0.2, 0) is 4.79 Å². The van der Waals surface area contributed by atoms with E-state index in [-0.39, 0.29) is 17.4 Å². The normalized spacial score (nSPS) is 10.5. The number of anilines is 1. The minimum absolute atomic E-state index is 0.0503. The highest BCUT2D eigenvalue weighted by Crippen LogP contribution is 2.25. The van der Waals surface area contributed by atoms with Crippen molar-refractivity contribution in [3.63, 3.8) is 0 Å². The van der Waals surface area contributed by atoms with Gasteiger partial charge in [0.2, 0.25) is 11.0 Å². The fourth-order valence-corrected chi connectivity index (χ4v) is 2.97. The molecule has 0 aliphatic carbocycles. The predicted octanol–water partition coefficient (Wildman–Crippen LogP) is 1.71. The standard InChI is InChI=1S/C12H15N5O3S2/c1-3-4-13-9(18)6-21-12-16-15-11(22-12)14-10(19)8-5-7(2)20-17-8/h5H,3-4,6H2,1-2H3,(H,13,18)(H,14,15,19). The van der Waals surface area contributed by atoms with E-state index in [1.54, 1.807) is 6.92 Å². The first-order valence-electron chi connectivity index (χ1n) is 6.56. The molecule has 0 atom stereocenters. The number of aromatic nitrogens is 3. The molecule has 2 rings (SSSR count). The van der Waals surface area contributed by atoms with Crippen LogP contribution < -0.4 is 10.6 Å². The van der Waals surface area contributed by atoms with E-state index in [1.807, 2.05) is 6.92 Å². The van der Waals surface area contributed by atoms with Gasteiger partial charge < -0.3 is 9.84 Å². The third-order valence-electron chi connectivity index (χ3n) is 2.39. The van der Waals surface area contributed by atoms with Gasteiger partial charge in [-0.3, -0.25) is 14.9 Å². The van der Waals surface area contributed by atoms with Crippen molar-refractivity contribution in [2.75, 3.05) is 17.6 Å². The molecule has 118 valence electrons. The van der Waals surface area contributed by atoms with Crippen molar-refractivity contribution in [2.45, 2.75) is 24.6 Å². The Hall–Kier alpha value is -1.94. The molecule has 0 aliphatic heterocycles. The van der Waals surface area contributed by atoms with E-state index in [2.05, 4.69) is 26.0 Å². The monoisotopic (exact) mass is 341 g/mol. The Bertz CT molecular complexity index is 655. The molecule has 0 aromatic carbocycles. The molecule has 0 saturated heterocycles. The fraction of sp³-hybridized carbons (Fsp3) is 0.417.